The van der Waals surface area contributed by atoms with Crippen molar-refractivity contribution in [2.24, 2.45) is 23.2 Å². The van der Waals surface area contributed by atoms with E-state index in [9.17, 15) is 23.2 Å². The molecule has 4 saturated carbocycles. The molecule has 1 aromatic rings. The van der Waals surface area contributed by atoms with Gasteiger partial charge in [-0.15, -0.1) is 0 Å². The topological polar surface area (TPSA) is 72.5 Å². The van der Waals surface area contributed by atoms with Crippen LogP contribution >= 0.6 is 0 Å². The molecule has 4 aliphatic carbocycles. The summed E-state index contributed by atoms with van der Waals surface area (Å²) < 4.78 is 31.0. The third-order valence-electron chi connectivity index (χ3n) is 6.74. The van der Waals surface area contributed by atoms with Crippen molar-refractivity contribution in [3.8, 4) is 0 Å². The average Bonchev–Trinajstić information content (AvgIpc) is 2.67. The summed E-state index contributed by atoms with van der Waals surface area (Å²) in [5.41, 5.74) is -0.326. The van der Waals surface area contributed by atoms with Crippen LogP contribution in [0.15, 0.2) is 18.2 Å². The standard InChI is InChI=1S/C22H25F2NO4/c23-17-2-1-16(8-18(17)24)19(26)12-29-20(27)3-4-25-21(28)22-9-13-5-14(10-22)7-15(6-13)11-22/h1-2,8,13-15H,3-7,9-12H2,(H,25,28). The van der Waals surface area contributed by atoms with Gasteiger partial charge in [-0.2, -0.15) is 0 Å². The molecule has 1 N–H and O–H groups in total. The molecule has 5 nitrogen and oxygen atoms in total. The first kappa shape index (κ1) is 20.0. The van der Waals surface area contributed by atoms with Crippen LogP contribution in [-0.2, 0) is 14.3 Å². The van der Waals surface area contributed by atoms with Gasteiger partial charge >= 0.3 is 5.97 Å². The van der Waals surface area contributed by atoms with Crippen LogP contribution < -0.4 is 5.32 Å². The summed E-state index contributed by atoms with van der Waals surface area (Å²) in [6, 6.07) is 2.77. The van der Waals surface area contributed by atoms with Crippen molar-refractivity contribution in [1.29, 1.82) is 0 Å². The molecule has 0 heterocycles. The van der Waals surface area contributed by atoms with Gasteiger partial charge in [0.25, 0.3) is 0 Å². The predicted octanol–water partition coefficient (Wildman–Crippen LogP) is 3.41. The van der Waals surface area contributed by atoms with Crippen molar-refractivity contribution in [2.75, 3.05) is 13.2 Å². The maximum atomic E-state index is 13.2. The van der Waals surface area contributed by atoms with Crippen LogP contribution in [0.5, 0.6) is 0 Å². The van der Waals surface area contributed by atoms with E-state index in [2.05, 4.69) is 5.32 Å². The molecule has 0 saturated heterocycles. The number of halogens is 2. The monoisotopic (exact) mass is 405 g/mol. The number of hydrogen-bond donors (Lipinski definition) is 1. The van der Waals surface area contributed by atoms with Crippen molar-refractivity contribution < 1.29 is 27.9 Å². The van der Waals surface area contributed by atoms with E-state index in [4.69, 9.17) is 4.74 Å². The summed E-state index contributed by atoms with van der Waals surface area (Å²) in [5.74, 6) is -1.37. The highest BCUT2D eigenvalue weighted by Gasteiger charge is 2.54. The smallest absolute Gasteiger partial charge is 0.308 e. The highest BCUT2D eigenvalue weighted by atomic mass is 19.2. The van der Waals surface area contributed by atoms with Crippen LogP contribution in [0.4, 0.5) is 8.78 Å². The fourth-order valence-electron chi connectivity index (χ4n) is 5.83. The number of hydrogen-bond acceptors (Lipinski definition) is 4. The number of benzene rings is 1. The molecule has 29 heavy (non-hydrogen) atoms. The van der Waals surface area contributed by atoms with E-state index < -0.39 is 30.0 Å². The van der Waals surface area contributed by atoms with Gasteiger partial charge in [-0.3, -0.25) is 14.4 Å². The molecule has 7 heteroatoms. The molecule has 156 valence electrons. The van der Waals surface area contributed by atoms with Crippen LogP contribution in [0.3, 0.4) is 0 Å². The van der Waals surface area contributed by atoms with Gasteiger partial charge in [0.1, 0.15) is 0 Å². The van der Waals surface area contributed by atoms with Crippen molar-refractivity contribution in [3.05, 3.63) is 35.4 Å². The van der Waals surface area contributed by atoms with Gasteiger partial charge < -0.3 is 10.1 Å². The van der Waals surface area contributed by atoms with Gasteiger partial charge in [0.2, 0.25) is 5.91 Å². The van der Waals surface area contributed by atoms with Gasteiger partial charge in [0, 0.05) is 17.5 Å². The van der Waals surface area contributed by atoms with Gasteiger partial charge in [-0.05, 0) is 74.5 Å². The van der Waals surface area contributed by atoms with E-state index in [1.165, 1.54) is 19.3 Å². The first-order chi connectivity index (χ1) is 13.8. The Balaban J connectivity index is 1.21. The minimum Gasteiger partial charge on any atom is -0.457 e. The molecule has 4 fully saturated rings. The molecular formula is C22H25F2NO4. The molecule has 0 atom stereocenters. The summed E-state index contributed by atoms with van der Waals surface area (Å²) >= 11 is 0. The lowest BCUT2D eigenvalue weighted by atomic mass is 9.49. The van der Waals surface area contributed by atoms with Crippen LogP contribution in [-0.4, -0.2) is 30.8 Å². The van der Waals surface area contributed by atoms with Gasteiger partial charge in [0.05, 0.1) is 6.42 Å². The second-order valence-corrected chi connectivity index (χ2v) is 8.92. The van der Waals surface area contributed by atoms with E-state index in [1.807, 2.05) is 0 Å². The van der Waals surface area contributed by atoms with Gasteiger partial charge in [-0.25, -0.2) is 8.78 Å². The first-order valence-electron chi connectivity index (χ1n) is 10.3. The van der Waals surface area contributed by atoms with Crippen LogP contribution in [0.1, 0.15) is 55.3 Å². The minimum atomic E-state index is -1.13. The Bertz CT molecular complexity index is 803. The summed E-state index contributed by atoms with van der Waals surface area (Å²) in [6.07, 6.45) is 6.59. The van der Waals surface area contributed by atoms with E-state index >= 15 is 0 Å². The number of esters is 1. The molecule has 4 aliphatic rings. The second-order valence-electron chi connectivity index (χ2n) is 8.92. The highest BCUT2D eigenvalue weighted by molar-refractivity contribution is 5.97. The normalized spacial score (nSPS) is 29.5. The molecular weight excluding hydrogens is 380 g/mol. The predicted molar refractivity (Wildman–Crippen MR) is 99.9 cm³/mol. The zero-order chi connectivity index (χ0) is 20.6. The third kappa shape index (κ3) is 4.19. The summed E-state index contributed by atoms with van der Waals surface area (Å²) in [7, 11) is 0. The van der Waals surface area contributed by atoms with Crippen LogP contribution in [0.25, 0.3) is 0 Å². The summed E-state index contributed by atoms with van der Waals surface area (Å²) in [4.78, 5) is 36.6. The number of Topliss-reactive ketones (excluding diaryl/α,β-unsaturated/α-hetero) is 1. The SMILES string of the molecule is O=C(CCNC(=O)C12CC3CC(CC(C3)C1)C2)OCC(=O)c1ccc(F)c(F)c1. The maximum absolute atomic E-state index is 13.2. The number of amides is 1. The molecule has 0 spiro atoms. The Morgan fingerprint density at radius 3 is 2.21 bits per heavy atom. The molecule has 4 bridgehead atoms. The zero-order valence-corrected chi connectivity index (χ0v) is 16.2. The maximum Gasteiger partial charge on any atom is 0.308 e. The number of nitrogens with one attached hydrogen (secondary N) is 1. The second kappa shape index (κ2) is 7.84. The largest absolute Gasteiger partial charge is 0.457 e. The number of carbonyl (C=O) groups is 3. The van der Waals surface area contributed by atoms with Crippen LogP contribution in [0.2, 0.25) is 0 Å². The average molecular weight is 405 g/mol. The zero-order valence-electron chi connectivity index (χ0n) is 16.2. The van der Waals surface area contributed by atoms with E-state index in [-0.39, 0.29) is 29.9 Å². The van der Waals surface area contributed by atoms with Crippen molar-refractivity contribution in [3.63, 3.8) is 0 Å². The van der Waals surface area contributed by atoms with Crippen LogP contribution in [0, 0.1) is 34.8 Å². The van der Waals surface area contributed by atoms with E-state index in [0.29, 0.717) is 17.8 Å². The Morgan fingerprint density at radius 1 is 1.00 bits per heavy atom. The minimum absolute atomic E-state index is 0.0385. The number of ketones is 1. The fourth-order valence-corrected chi connectivity index (χ4v) is 5.83. The fraction of sp³-hybridized carbons (Fsp3) is 0.591. The summed E-state index contributed by atoms with van der Waals surface area (Å²) in [5, 5.41) is 2.89. The third-order valence-corrected chi connectivity index (χ3v) is 6.74. The Hall–Kier alpha value is -2.31. The van der Waals surface area contributed by atoms with Crippen molar-refractivity contribution in [2.45, 2.75) is 44.9 Å². The highest BCUT2D eigenvalue weighted by Crippen LogP contribution is 2.60. The lowest BCUT2D eigenvalue weighted by molar-refractivity contribution is -0.147. The lowest BCUT2D eigenvalue weighted by Crippen LogP contribution is -2.53. The number of carbonyl (C=O) groups excluding carboxylic acids is 3. The van der Waals surface area contributed by atoms with Gasteiger partial charge in [0.15, 0.2) is 24.0 Å². The molecule has 0 aliphatic heterocycles. The Labute approximate surface area is 168 Å². The summed E-state index contributed by atoms with van der Waals surface area (Å²) in [6.45, 7) is -0.383. The molecule has 0 unspecified atom stereocenters. The quantitative estimate of drug-likeness (QED) is 0.557. The number of ether oxygens (including phenoxy) is 1. The molecule has 1 aromatic carbocycles. The first-order valence-corrected chi connectivity index (χ1v) is 10.3. The van der Waals surface area contributed by atoms with E-state index in [0.717, 1.165) is 37.5 Å². The Kier molecular flexibility index (Phi) is 5.40. The van der Waals surface area contributed by atoms with Gasteiger partial charge in [-0.1, -0.05) is 0 Å². The molecule has 5 rings (SSSR count). The van der Waals surface area contributed by atoms with Crippen molar-refractivity contribution in [1.82, 2.24) is 5.32 Å². The Morgan fingerprint density at radius 2 is 1.62 bits per heavy atom. The van der Waals surface area contributed by atoms with Crippen molar-refractivity contribution >= 4 is 17.7 Å². The number of rotatable bonds is 7. The molecule has 0 aromatic heterocycles. The molecule has 0 radical (unpaired) electrons. The lowest BCUT2D eigenvalue weighted by Gasteiger charge is -2.55. The molecule has 1 amide bonds. The van der Waals surface area contributed by atoms with E-state index in [1.54, 1.807) is 0 Å².